The Balaban J connectivity index is 1.91. The highest BCUT2D eigenvalue weighted by Crippen LogP contribution is 2.29. The van der Waals surface area contributed by atoms with Crippen LogP contribution in [0.15, 0.2) is 18.2 Å². The fourth-order valence-corrected chi connectivity index (χ4v) is 2.67. The van der Waals surface area contributed by atoms with E-state index in [9.17, 15) is 9.50 Å². The third kappa shape index (κ3) is 3.25. The summed E-state index contributed by atoms with van der Waals surface area (Å²) in [6.45, 7) is 4.03. The SMILES string of the molecule is CCC(O)(CN)CCCN1CCc2ccc(F)cc21. The first kappa shape index (κ1) is 14.3. The van der Waals surface area contributed by atoms with Crippen LogP contribution < -0.4 is 10.6 Å². The second-order valence-corrected chi connectivity index (χ2v) is 5.40. The molecule has 0 bridgehead atoms. The fourth-order valence-electron chi connectivity index (χ4n) is 2.67. The lowest BCUT2D eigenvalue weighted by molar-refractivity contribution is 0.0350. The Morgan fingerprint density at radius 2 is 2.26 bits per heavy atom. The van der Waals surface area contributed by atoms with Crippen LogP contribution in [0.2, 0.25) is 0 Å². The number of hydrogen-bond donors (Lipinski definition) is 2. The van der Waals surface area contributed by atoms with Gasteiger partial charge in [-0.1, -0.05) is 13.0 Å². The highest BCUT2D eigenvalue weighted by molar-refractivity contribution is 5.58. The molecule has 1 unspecified atom stereocenters. The Morgan fingerprint density at radius 1 is 1.47 bits per heavy atom. The van der Waals surface area contributed by atoms with Crippen LogP contribution in [0.4, 0.5) is 10.1 Å². The van der Waals surface area contributed by atoms with Crippen LogP contribution in [0, 0.1) is 5.82 Å². The largest absolute Gasteiger partial charge is 0.389 e. The van der Waals surface area contributed by atoms with E-state index in [4.69, 9.17) is 5.73 Å². The molecular weight excluding hydrogens is 243 g/mol. The van der Waals surface area contributed by atoms with Gasteiger partial charge in [-0.15, -0.1) is 0 Å². The monoisotopic (exact) mass is 266 g/mol. The average Bonchev–Trinajstić information content (AvgIpc) is 2.81. The van der Waals surface area contributed by atoms with Crippen molar-refractivity contribution in [3.05, 3.63) is 29.6 Å². The third-order valence-corrected chi connectivity index (χ3v) is 4.15. The number of nitrogens with zero attached hydrogens (tertiary/aromatic N) is 1. The summed E-state index contributed by atoms with van der Waals surface area (Å²) in [7, 11) is 0. The quantitative estimate of drug-likeness (QED) is 0.828. The molecule has 4 heteroatoms. The maximum atomic E-state index is 13.3. The van der Waals surface area contributed by atoms with Crippen molar-refractivity contribution < 1.29 is 9.50 Å². The number of fused-ring (bicyclic) bond motifs is 1. The second kappa shape index (κ2) is 5.88. The Kier molecular flexibility index (Phi) is 4.42. The molecule has 0 radical (unpaired) electrons. The van der Waals surface area contributed by atoms with Gasteiger partial charge in [-0.25, -0.2) is 4.39 Å². The predicted molar refractivity (Wildman–Crippen MR) is 75.8 cm³/mol. The minimum atomic E-state index is -0.746. The van der Waals surface area contributed by atoms with Crippen molar-refractivity contribution in [3.63, 3.8) is 0 Å². The molecule has 3 N–H and O–H groups in total. The van der Waals surface area contributed by atoms with Gasteiger partial charge in [-0.05, 0) is 43.4 Å². The number of nitrogens with two attached hydrogens (primary N) is 1. The summed E-state index contributed by atoms with van der Waals surface area (Å²) < 4.78 is 13.3. The number of hydrogen-bond acceptors (Lipinski definition) is 3. The molecule has 1 aromatic carbocycles. The second-order valence-electron chi connectivity index (χ2n) is 5.40. The normalized spacial score (nSPS) is 17.4. The molecular formula is C15H23FN2O. The first-order valence-electron chi connectivity index (χ1n) is 7.04. The van der Waals surface area contributed by atoms with Gasteiger partial charge in [-0.3, -0.25) is 0 Å². The van der Waals surface area contributed by atoms with E-state index in [1.54, 1.807) is 6.07 Å². The number of rotatable bonds is 6. The first-order valence-corrected chi connectivity index (χ1v) is 7.04. The van der Waals surface area contributed by atoms with Gasteiger partial charge in [0.2, 0.25) is 0 Å². The minimum absolute atomic E-state index is 0.183. The van der Waals surface area contributed by atoms with E-state index in [1.807, 2.05) is 13.0 Å². The molecule has 1 aliphatic rings. The van der Waals surface area contributed by atoms with Crippen molar-refractivity contribution in [2.75, 3.05) is 24.5 Å². The molecule has 0 fully saturated rings. The Labute approximate surface area is 114 Å². The van der Waals surface area contributed by atoms with Gasteiger partial charge in [0.25, 0.3) is 0 Å². The number of benzene rings is 1. The lowest BCUT2D eigenvalue weighted by Crippen LogP contribution is -2.37. The van der Waals surface area contributed by atoms with E-state index in [0.29, 0.717) is 19.4 Å². The van der Waals surface area contributed by atoms with Crippen LogP contribution in [0.25, 0.3) is 0 Å². The first-order chi connectivity index (χ1) is 9.08. The smallest absolute Gasteiger partial charge is 0.125 e. The van der Waals surface area contributed by atoms with Gasteiger partial charge in [-0.2, -0.15) is 0 Å². The molecule has 0 spiro atoms. The van der Waals surface area contributed by atoms with E-state index in [0.717, 1.165) is 31.6 Å². The maximum absolute atomic E-state index is 13.3. The van der Waals surface area contributed by atoms with E-state index in [2.05, 4.69) is 4.90 Å². The van der Waals surface area contributed by atoms with E-state index >= 15 is 0 Å². The number of halogens is 1. The molecule has 0 aliphatic carbocycles. The van der Waals surface area contributed by atoms with E-state index in [1.165, 1.54) is 11.6 Å². The zero-order chi connectivity index (χ0) is 13.9. The molecule has 1 heterocycles. The van der Waals surface area contributed by atoms with Gasteiger partial charge >= 0.3 is 0 Å². The van der Waals surface area contributed by atoms with Crippen molar-refractivity contribution in [1.29, 1.82) is 0 Å². The van der Waals surface area contributed by atoms with Gasteiger partial charge < -0.3 is 15.7 Å². The summed E-state index contributed by atoms with van der Waals surface area (Å²) in [5, 5.41) is 10.1. The number of aliphatic hydroxyl groups is 1. The minimum Gasteiger partial charge on any atom is -0.389 e. The van der Waals surface area contributed by atoms with Crippen LogP contribution in [0.5, 0.6) is 0 Å². The molecule has 106 valence electrons. The predicted octanol–water partition coefficient (Wildman–Crippen LogP) is 2.07. The summed E-state index contributed by atoms with van der Waals surface area (Å²) in [6, 6.07) is 5.00. The highest BCUT2D eigenvalue weighted by atomic mass is 19.1. The van der Waals surface area contributed by atoms with Gasteiger partial charge in [0.1, 0.15) is 5.82 Å². The van der Waals surface area contributed by atoms with Crippen LogP contribution in [-0.2, 0) is 6.42 Å². The van der Waals surface area contributed by atoms with Crippen LogP contribution in [0.3, 0.4) is 0 Å². The average molecular weight is 266 g/mol. The summed E-state index contributed by atoms with van der Waals surface area (Å²) >= 11 is 0. The topological polar surface area (TPSA) is 49.5 Å². The molecule has 1 atom stereocenters. The van der Waals surface area contributed by atoms with Crippen molar-refractivity contribution in [2.45, 2.75) is 38.2 Å². The van der Waals surface area contributed by atoms with Gasteiger partial charge in [0.05, 0.1) is 5.60 Å². The molecule has 2 rings (SSSR count). The molecule has 0 saturated heterocycles. The Bertz CT molecular complexity index is 432. The van der Waals surface area contributed by atoms with E-state index < -0.39 is 5.60 Å². The summed E-state index contributed by atoms with van der Waals surface area (Å²) in [5.41, 5.74) is 7.07. The maximum Gasteiger partial charge on any atom is 0.125 e. The Morgan fingerprint density at radius 3 is 2.95 bits per heavy atom. The standard InChI is InChI=1S/C15H23FN2O/c1-2-15(19,11-17)7-3-8-18-9-6-12-4-5-13(16)10-14(12)18/h4-5,10,19H,2-3,6-9,11,17H2,1H3. The summed E-state index contributed by atoms with van der Waals surface area (Å²) in [4.78, 5) is 2.20. The zero-order valence-corrected chi connectivity index (χ0v) is 11.5. The molecule has 0 amide bonds. The van der Waals surface area contributed by atoms with Crippen LogP contribution in [0.1, 0.15) is 31.7 Å². The molecule has 0 aromatic heterocycles. The Hall–Kier alpha value is -1.13. The summed E-state index contributed by atoms with van der Waals surface area (Å²) in [5.74, 6) is -0.183. The molecule has 3 nitrogen and oxygen atoms in total. The van der Waals surface area contributed by atoms with Crippen molar-refractivity contribution in [2.24, 2.45) is 5.73 Å². The van der Waals surface area contributed by atoms with Crippen molar-refractivity contribution in [3.8, 4) is 0 Å². The lowest BCUT2D eigenvalue weighted by Gasteiger charge is -2.27. The molecule has 1 aliphatic heterocycles. The lowest BCUT2D eigenvalue weighted by atomic mass is 9.95. The number of anilines is 1. The molecule has 0 saturated carbocycles. The van der Waals surface area contributed by atoms with Crippen molar-refractivity contribution in [1.82, 2.24) is 0 Å². The molecule has 1 aromatic rings. The third-order valence-electron chi connectivity index (χ3n) is 4.15. The summed E-state index contributed by atoms with van der Waals surface area (Å²) in [6.07, 6.45) is 3.22. The molecule has 19 heavy (non-hydrogen) atoms. The van der Waals surface area contributed by atoms with Gasteiger partial charge in [0, 0.05) is 25.3 Å². The van der Waals surface area contributed by atoms with Crippen LogP contribution in [-0.4, -0.2) is 30.3 Å². The van der Waals surface area contributed by atoms with Crippen LogP contribution >= 0.6 is 0 Å². The van der Waals surface area contributed by atoms with E-state index in [-0.39, 0.29) is 5.82 Å². The fraction of sp³-hybridized carbons (Fsp3) is 0.600. The highest BCUT2D eigenvalue weighted by Gasteiger charge is 2.24. The van der Waals surface area contributed by atoms with Crippen molar-refractivity contribution >= 4 is 5.69 Å². The van der Waals surface area contributed by atoms with Gasteiger partial charge in [0.15, 0.2) is 0 Å². The zero-order valence-electron chi connectivity index (χ0n) is 11.5.